The topological polar surface area (TPSA) is 46.2 Å². The molecule has 0 bridgehead atoms. The monoisotopic (exact) mass is 291 g/mol. The average molecular weight is 291 g/mol. The second-order valence-electron chi connectivity index (χ2n) is 5.29. The van der Waals surface area contributed by atoms with E-state index in [9.17, 15) is 22.7 Å². The fourth-order valence-electron chi connectivity index (χ4n) is 2.75. The third-order valence-corrected chi connectivity index (χ3v) is 3.94. The normalized spacial score (nSPS) is 20.1. The second-order valence-corrected chi connectivity index (χ2v) is 5.29. The van der Waals surface area contributed by atoms with Crippen LogP contribution in [0, 0.1) is 11.7 Å². The summed E-state index contributed by atoms with van der Waals surface area (Å²) in [6.45, 7) is 0. The standard InChI is InChI=1S/C14H17F4NO/c15-11-7-9(14(16,17)18)5-6-10(11)12(19)13(20)8-3-1-2-4-8/h5-8,12-13,20H,1-4,19H2/t12-,13+/m1/s1. The number of nitrogens with two attached hydrogens (primary N) is 1. The minimum absolute atomic E-state index is 0.00769. The van der Waals surface area contributed by atoms with Crippen LogP contribution in [0.2, 0.25) is 0 Å². The van der Waals surface area contributed by atoms with E-state index < -0.39 is 29.7 Å². The molecule has 112 valence electrons. The van der Waals surface area contributed by atoms with Crippen molar-refractivity contribution in [2.75, 3.05) is 0 Å². The summed E-state index contributed by atoms with van der Waals surface area (Å²) >= 11 is 0. The Morgan fingerprint density at radius 1 is 1.20 bits per heavy atom. The Labute approximate surface area is 114 Å². The molecule has 2 atom stereocenters. The molecule has 0 spiro atoms. The molecule has 1 aliphatic carbocycles. The third kappa shape index (κ3) is 3.12. The van der Waals surface area contributed by atoms with Crippen molar-refractivity contribution in [3.63, 3.8) is 0 Å². The van der Waals surface area contributed by atoms with Crippen LogP contribution in [0.1, 0.15) is 42.9 Å². The van der Waals surface area contributed by atoms with Crippen LogP contribution < -0.4 is 5.73 Å². The van der Waals surface area contributed by atoms with Crippen LogP contribution in [0.5, 0.6) is 0 Å². The first-order valence-electron chi connectivity index (χ1n) is 6.61. The van der Waals surface area contributed by atoms with E-state index in [1.807, 2.05) is 0 Å². The van der Waals surface area contributed by atoms with Crippen LogP contribution in [0.25, 0.3) is 0 Å². The number of aliphatic hydroxyl groups excluding tert-OH is 1. The van der Waals surface area contributed by atoms with Crippen molar-refractivity contribution in [2.45, 2.75) is 44.0 Å². The highest BCUT2D eigenvalue weighted by Gasteiger charge is 2.33. The molecule has 0 radical (unpaired) electrons. The number of halogens is 4. The number of hydrogen-bond acceptors (Lipinski definition) is 2. The molecular weight excluding hydrogens is 274 g/mol. The highest BCUT2D eigenvalue weighted by Crippen LogP contribution is 2.35. The van der Waals surface area contributed by atoms with Gasteiger partial charge in [-0.05, 0) is 30.9 Å². The molecule has 2 rings (SSSR count). The van der Waals surface area contributed by atoms with Gasteiger partial charge in [-0.3, -0.25) is 0 Å². The van der Waals surface area contributed by atoms with Crippen molar-refractivity contribution in [2.24, 2.45) is 11.7 Å². The first kappa shape index (κ1) is 15.3. The molecule has 0 saturated heterocycles. The number of hydrogen-bond donors (Lipinski definition) is 2. The maximum absolute atomic E-state index is 13.8. The summed E-state index contributed by atoms with van der Waals surface area (Å²) in [6.07, 6.45) is -1.90. The summed E-state index contributed by atoms with van der Waals surface area (Å²) in [4.78, 5) is 0. The van der Waals surface area contributed by atoms with E-state index in [-0.39, 0.29) is 11.5 Å². The van der Waals surface area contributed by atoms with Gasteiger partial charge in [-0.2, -0.15) is 13.2 Å². The molecule has 3 N–H and O–H groups in total. The quantitative estimate of drug-likeness (QED) is 0.838. The zero-order chi connectivity index (χ0) is 14.9. The Kier molecular flexibility index (Phi) is 4.34. The van der Waals surface area contributed by atoms with Gasteiger partial charge in [0.25, 0.3) is 0 Å². The van der Waals surface area contributed by atoms with Crippen LogP contribution >= 0.6 is 0 Å². The first-order valence-corrected chi connectivity index (χ1v) is 6.61. The van der Waals surface area contributed by atoms with E-state index in [1.165, 1.54) is 0 Å². The Bertz CT molecular complexity index is 469. The van der Waals surface area contributed by atoms with E-state index in [4.69, 9.17) is 5.73 Å². The zero-order valence-corrected chi connectivity index (χ0v) is 10.8. The average Bonchev–Trinajstić information content (AvgIpc) is 2.89. The summed E-state index contributed by atoms with van der Waals surface area (Å²) in [5, 5.41) is 10.1. The van der Waals surface area contributed by atoms with E-state index in [0.717, 1.165) is 37.8 Å². The summed E-state index contributed by atoms with van der Waals surface area (Å²) in [7, 11) is 0. The lowest BCUT2D eigenvalue weighted by Crippen LogP contribution is -2.32. The Morgan fingerprint density at radius 2 is 1.80 bits per heavy atom. The third-order valence-electron chi connectivity index (χ3n) is 3.94. The number of benzene rings is 1. The van der Waals surface area contributed by atoms with Crippen LogP contribution in [0.3, 0.4) is 0 Å². The van der Waals surface area contributed by atoms with Gasteiger partial charge in [-0.15, -0.1) is 0 Å². The lowest BCUT2D eigenvalue weighted by Gasteiger charge is -2.25. The largest absolute Gasteiger partial charge is 0.416 e. The van der Waals surface area contributed by atoms with Crippen molar-refractivity contribution >= 4 is 0 Å². The SMILES string of the molecule is N[C@H](c1ccc(C(F)(F)F)cc1F)[C@@H](O)C1CCCC1. The van der Waals surface area contributed by atoms with Gasteiger partial charge in [0.05, 0.1) is 17.7 Å². The maximum atomic E-state index is 13.8. The van der Waals surface area contributed by atoms with Crippen molar-refractivity contribution in [1.82, 2.24) is 0 Å². The molecular formula is C14H17F4NO. The maximum Gasteiger partial charge on any atom is 0.416 e. The molecule has 0 unspecified atom stereocenters. The second kappa shape index (κ2) is 5.69. The minimum atomic E-state index is -4.59. The molecule has 20 heavy (non-hydrogen) atoms. The van der Waals surface area contributed by atoms with Gasteiger partial charge in [0, 0.05) is 5.56 Å². The number of rotatable bonds is 3. The molecule has 1 saturated carbocycles. The van der Waals surface area contributed by atoms with Crippen molar-refractivity contribution in [1.29, 1.82) is 0 Å². The predicted octanol–water partition coefficient (Wildman–Crippen LogP) is 3.40. The molecule has 1 fully saturated rings. The molecule has 1 aliphatic rings. The molecule has 1 aromatic carbocycles. The van der Waals surface area contributed by atoms with Crippen LogP contribution in [-0.4, -0.2) is 11.2 Å². The fourth-order valence-corrected chi connectivity index (χ4v) is 2.75. The van der Waals surface area contributed by atoms with Gasteiger partial charge < -0.3 is 10.8 Å². The summed E-state index contributed by atoms with van der Waals surface area (Å²) in [6, 6.07) is 1.23. The van der Waals surface area contributed by atoms with Crippen molar-refractivity contribution in [3.05, 3.63) is 35.1 Å². The van der Waals surface area contributed by atoms with Crippen LogP contribution in [-0.2, 0) is 6.18 Å². The Balaban J connectivity index is 2.19. The number of aliphatic hydroxyl groups is 1. The molecule has 0 aliphatic heterocycles. The lowest BCUT2D eigenvalue weighted by atomic mass is 9.90. The Hall–Kier alpha value is -1.14. The van der Waals surface area contributed by atoms with E-state index >= 15 is 0 Å². The minimum Gasteiger partial charge on any atom is -0.391 e. The van der Waals surface area contributed by atoms with Gasteiger partial charge in [-0.25, -0.2) is 4.39 Å². The molecule has 0 aromatic heterocycles. The van der Waals surface area contributed by atoms with Crippen LogP contribution in [0.4, 0.5) is 17.6 Å². The molecule has 1 aromatic rings. The summed E-state index contributed by atoms with van der Waals surface area (Å²) < 4.78 is 51.2. The summed E-state index contributed by atoms with van der Waals surface area (Å²) in [5.74, 6) is -1.03. The first-order chi connectivity index (χ1) is 9.30. The molecule has 6 heteroatoms. The fraction of sp³-hybridized carbons (Fsp3) is 0.571. The molecule has 0 amide bonds. The van der Waals surface area contributed by atoms with Crippen LogP contribution in [0.15, 0.2) is 18.2 Å². The van der Waals surface area contributed by atoms with Crippen molar-refractivity contribution in [3.8, 4) is 0 Å². The van der Waals surface area contributed by atoms with Gasteiger partial charge in [0.2, 0.25) is 0 Å². The lowest BCUT2D eigenvalue weighted by molar-refractivity contribution is -0.137. The van der Waals surface area contributed by atoms with Gasteiger partial charge in [-0.1, -0.05) is 18.9 Å². The van der Waals surface area contributed by atoms with Gasteiger partial charge in [0.1, 0.15) is 5.82 Å². The van der Waals surface area contributed by atoms with E-state index in [2.05, 4.69) is 0 Å². The predicted molar refractivity (Wildman–Crippen MR) is 66.3 cm³/mol. The summed E-state index contributed by atoms with van der Waals surface area (Å²) in [5.41, 5.74) is 4.68. The van der Waals surface area contributed by atoms with E-state index in [0.29, 0.717) is 6.07 Å². The van der Waals surface area contributed by atoms with Crippen molar-refractivity contribution < 1.29 is 22.7 Å². The molecule has 0 heterocycles. The number of alkyl halides is 3. The van der Waals surface area contributed by atoms with E-state index in [1.54, 1.807) is 0 Å². The highest BCUT2D eigenvalue weighted by atomic mass is 19.4. The highest BCUT2D eigenvalue weighted by molar-refractivity contribution is 5.29. The Morgan fingerprint density at radius 3 is 2.30 bits per heavy atom. The smallest absolute Gasteiger partial charge is 0.391 e. The van der Waals surface area contributed by atoms with Gasteiger partial charge >= 0.3 is 6.18 Å². The molecule has 2 nitrogen and oxygen atoms in total. The van der Waals surface area contributed by atoms with Gasteiger partial charge in [0.15, 0.2) is 0 Å². The zero-order valence-electron chi connectivity index (χ0n) is 10.8.